The Labute approximate surface area is 178 Å². The molecule has 2 aromatic carbocycles. The maximum Gasteiger partial charge on any atom is 0.331 e. The molecule has 7 heteroatoms. The second kappa shape index (κ2) is 8.02. The molecule has 2 heterocycles. The van der Waals surface area contributed by atoms with Crippen LogP contribution in [0, 0.1) is 0 Å². The van der Waals surface area contributed by atoms with Gasteiger partial charge in [-0.25, -0.2) is 9.78 Å². The minimum absolute atomic E-state index is 0.0248. The molecule has 0 saturated heterocycles. The summed E-state index contributed by atoms with van der Waals surface area (Å²) in [5.41, 5.74) is 2.91. The van der Waals surface area contributed by atoms with Crippen LogP contribution in [0.4, 0.5) is 5.69 Å². The molecule has 0 atom stereocenters. The van der Waals surface area contributed by atoms with Crippen LogP contribution >= 0.6 is 0 Å². The standard InChI is InChI=1S/C24H21N3O4/c1-14(15(2)24(30)31)22(28)25-18-8-9-19-20(13-18)26-21-17(10-11-27(21)23(19)29)12-16-6-4-3-5-7-16/h3-9,12-13H,10-11H2,1-2H3,(H,25,28)(H,30,31)/b15-14-,17-12+. The fraction of sp³-hybridized carbons (Fsp3) is 0.167. The number of allylic oxidation sites excluding steroid dienone is 1. The molecule has 0 saturated carbocycles. The lowest BCUT2D eigenvalue weighted by atomic mass is 10.1. The van der Waals surface area contributed by atoms with Gasteiger partial charge in [0.1, 0.15) is 5.82 Å². The smallest absolute Gasteiger partial charge is 0.331 e. The van der Waals surface area contributed by atoms with Gasteiger partial charge < -0.3 is 10.4 Å². The Bertz CT molecular complexity index is 1330. The van der Waals surface area contributed by atoms with E-state index in [1.165, 1.54) is 13.8 Å². The summed E-state index contributed by atoms with van der Waals surface area (Å²) in [6, 6.07) is 14.8. The number of nitrogens with one attached hydrogen (secondary N) is 1. The van der Waals surface area contributed by atoms with E-state index in [0.717, 1.165) is 17.6 Å². The lowest BCUT2D eigenvalue weighted by Gasteiger charge is -2.09. The van der Waals surface area contributed by atoms with Crippen molar-refractivity contribution >= 4 is 40.1 Å². The molecule has 0 aliphatic carbocycles. The molecule has 1 aliphatic heterocycles. The largest absolute Gasteiger partial charge is 0.478 e. The SMILES string of the molecule is C/C(C(=O)O)=C(\C)C(=O)Nc1ccc2c(=O)n3c(nc2c1)/C(=C/c1ccccc1)CC3. The average molecular weight is 415 g/mol. The van der Waals surface area contributed by atoms with Gasteiger partial charge in [-0.2, -0.15) is 0 Å². The average Bonchev–Trinajstić information content (AvgIpc) is 3.16. The Morgan fingerprint density at radius 2 is 1.84 bits per heavy atom. The summed E-state index contributed by atoms with van der Waals surface area (Å²) in [5.74, 6) is -1.03. The predicted octanol–water partition coefficient (Wildman–Crippen LogP) is 3.70. The molecule has 0 radical (unpaired) electrons. The third kappa shape index (κ3) is 3.90. The molecule has 1 aromatic heterocycles. The number of fused-ring (bicyclic) bond motifs is 2. The van der Waals surface area contributed by atoms with Gasteiger partial charge in [-0.3, -0.25) is 14.2 Å². The number of benzene rings is 2. The summed E-state index contributed by atoms with van der Waals surface area (Å²) in [5, 5.41) is 12.2. The van der Waals surface area contributed by atoms with Gasteiger partial charge in [0.2, 0.25) is 0 Å². The third-order valence-corrected chi connectivity index (χ3v) is 5.47. The van der Waals surface area contributed by atoms with E-state index >= 15 is 0 Å². The zero-order valence-corrected chi connectivity index (χ0v) is 17.2. The van der Waals surface area contributed by atoms with Gasteiger partial charge in [0.25, 0.3) is 11.5 Å². The van der Waals surface area contributed by atoms with E-state index in [2.05, 4.69) is 5.32 Å². The van der Waals surface area contributed by atoms with Crippen LogP contribution in [0.3, 0.4) is 0 Å². The van der Waals surface area contributed by atoms with E-state index in [0.29, 0.717) is 29.0 Å². The lowest BCUT2D eigenvalue weighted by Crippen LogP contribution is -2.21. The van der Waals surface area contributed by atoms with E-state index in [4.69, 9.17) is 10.1 Å². The van der Waals surface area contributed by atoms with E-state index in [1.54, 1.807) is 22.8 Å². The number of anilines is 1. The fourth-order valence-electron chi connectivity index (χ4n) is 3.54. The highest BCUT2D eigenvalue weighted by atomic mass is 16.4. The highest BCUT2D eigenvalue weighted by Gasteiger charge is 2.21. The van der Waals surface area contributed by atoms with Gasteiger partial charge in [0, 0.05) is 23.4 Å². The number of carbonyl (C=O) groups is 2. The Kier molecular flexibility index (Phi) is 5.25. The molecule has 0 unspecified atom stereocenters. The van der Waals surface area contributed by atoms with E-state index in [-0.39, 0.29) is 16.7 Å². The number of carboxylic acids is 1. The van der Waals surface area contributed by atoms with Gasteiger partial charge >= 0.3 is 5.97 Å². The van der Waals surface area contributed by atoms with Crippen molar-refractivity contribution in [3.05, 3.63) is 81.4 Å². The number of carboxylic acid groups (broad SMARTS) is 1. The number of aliphatic carboxylic acids is 1. The Balaban J connectivity index is 1.73. The Morgan fingerprint density at radius 1 is 1.10 bits per heavy atom. The molecule has 31 heavy (non-hydrogen) atoms. The molecule has 4 rings (SSSR count). The number of hydrogen-bond acceptors (Lipinski definition) is 4. The van der Waals surface area contributed by atoms with Crippen molar-refractivity contribution in [2.75, 3.05) is 5.32 Å². The number of amides is 1. The highest BCUT2D eigenvalue weighted by Crippen LogP contribution is 2.28. The van der Waals surface area contributed by atoms with Crippen LogP contribution in [0.5, 0.6) is 0 Å². The topological polar surface area (TPSA) is 101 Å². The number of nitrogens with zero attached hydrogens (tertiary/aromatic N) is 2. The van der Waals surface area contributed by atoms with E-state index < -0.39 is 11.9 Å². The molecular formula is C24H21N3O4. The molecule has 3 aromatic rings. The van der Waals surface area contributed by atoms with Crippen molar-refractivity contribution in [1.29, 1.82) is 0 Å². The first kappa shape index (κ1) is 20.3. The van der Waals surface area contributed by atoms with Crippen LogP contribution < -0.4 is 10.9 Å². The van der Waals surface area contributed by atoms with Crippen LogP contribution in [0.25, 0.3) is 22.6 Å². The lowest BCUT2D eigenvalue weighted by molar-refractivity contribution is -0.133. The summed E-state index contributed by atoms with van der Waals surface area (Å²) in [7, 11) is 0. The molecule has 1 aliphatic rings. The van der Waals surface area contributed by atoms with Crippen molar-refractivity contribution in [2.24, 2.45) is 0 Å². The van der Waals surface area contributed by atoms with Crippen molar-refractivity contribution < 1.29 is 14.7 Å². The first-order valence-electron chi connectivity index (χ1n) is 9.88. The summed E-state index contributed by atoms with van der Waals surface area (Å²) in [4.78, 5) is 41.1. The third-order valence-electron chi connectivity index (χ3n) is 5.47. The van der Waals surface area contributed by atoms with Crippen molar-refractivity contribution in [1.82, 2.24) is 9.55 Å². The number of carbonyl (C=O) groups excluding carboxylic acids is 1. The zero-order chi connectivity index (χ0) is 22.1. The monoisotopic (exact) mass is 415 g/mol. The summed E-state index contributed by atoms with van der Waals surface area (Å²) in [6.07, 6.45) is 2.75. The minimum atomic E-state index is -1.14. The van der Waals surface area contributed by atoms with Gasteiger partial charge in [-0.05, 0) is 55.7 Å². The number of rotatable bonds is 4. The van der Waals surface area contributed by atoms with Gasteiger partial charge in [0.15, 0.2) is 0 Å². The molecule has 2 N–H and O–H groups in total. The van der Waals surface area contributed by atoms with E-state index in [9.17, 15) is 14.4 Å². The van der Waals surface area contributed by atoms with Crippen molar-refractivity contribution in [3.8, 4) is 0 Å². The molecule has 156 valence electrons. The van der Waals surface area contributed by atoms with E-state index in [1.807, 2.05) is 36.4 Å². The van der Waals surface area contributed by atoms with Crippen molar-refractivity contribution in [3.63, 3.8) is 0 Å². The van der Waals surface area contributed by atoms with Crippen LogP contribution in [-0.4, -0.2) is 26.5 Å². The molecular weight excluding hydrogens is 394 g/mol. The van der Waals surface area contributed by atoms with Gasteiger partial charge in [0.05, 0.1) is 10.9 Å². The quantitative estimate of drug-likeness (QED) is 0.633. The van der Waals surface area contributed by atoms with Gasteiger partial charge in [-0.1, -0.05) is 30.3 Å². The summed E-state index contributed by atoms with van der Waals surface area (Å²) < 4.78 is 1.68. The second-order valence-corrected chi connectivity index (χ2v) is 7.46. The summed E-state index contributed by atoms with van der Waals surface area (Å²) in [6.45, 7) is 3.41. The molecule has 0 bridgehead atoms. The zero-order valence-electron chi connectivity index (χ0n) is 17.2. The van der Waals surface area contributed by atoms with Crippen molar-refractivity contribution in [2.45, 2.75) is 26.8 Å². The van der Waals surface area contributed by atoms with Crippen LogP contribution in [0.1, 0.15) is 31.7 Å². The predicted molar refractivity (Wildman–Crippen MR) is 120 cm³/mol. The molecule has 0 fully saturated rings. The first-order chi connectivity index (χ1) is 14.8. The Morgan fingerprint density at radius 3 is 2.55 bits per heavy atom. The minimum Gasteiger partial charge on any atom is -0.478 e. The number of aromatic nitrogens is 2. The van der Waals surface area contributed by atoms with Gasteiger partial charge in [-0.15, -0.1) is 0 Å². The highest BCUT2D eigenvalue weighted by molar-refractivity contribution is 6.08. The first-order valence-corrected chi connectivity index (χ1v) is 9.88. The number of hydrogen-bond donors (Lipinski definition) is 2. The summed E-state index contributed by atoms with van der Waals surface area (Å²) >= 11 is 0. The molecule has 0 spiro atoms. The van der Waals surface area contributed by atoms with Crippen LogP contribution in [-0.2, 0) is 16.1 Å². The fourth-order valence-corrected chi connectivity index (χ4v) is 3.54. The molecule has 1 amide bonds. The normalized spacial score (nSPS) is 15.0. The maximum absolute atomic E-state index is 13.0. The second-order valence-electron chi connectivity index (χ2n) is 7.46. The van der Waals surface area contributed by atoms with Crippen LogP contribution in [0.15, 0.2) is 64.5 Å². The Hall–Kier alpha value is -4.00. The maximum atomic E-state index is 13.0. The molecule has 7 nitrogen and oxygen atoms in total. The van der Waals surface area contributed by atoms with Crippen LogP contribution in [0.2, 0.25) is 0 Å².